The quantitative estimate of drug-likeness (QED) is 0.809. The minimum Gasteiger partial charge on any atom is -0.272 e. The maximum Gasteiger partial charge on any atom is 0.279 e. The van der Waals surface area contributed by atoms with Crippen molar-refractivity contribution in [3.63, 3.8) is 0 Å². The molecule has 4 nitrogen and oxygen atoms in total. The van der Waals surface area contributed by atoms with E-state index >= 15 is 0 Å². The number of benzene rings is 1. The lowest BCUT2D eigenvalue weighted by Gasteiger charge is -2.36. The molecule has 0 bridgehead atoms. The van der Waals surface area contributed by atoms with E-state index in [1.807, 2.05) is 23.6 Å². The average molecular weight is 363 g/mol. The molecule has 2 aromatic rings. The highest BCUT2D eigenvalue weighted by molar-refractivity contribution is 7.12. The van der Waals surface area contributed by atoms with Crippen LogP contribution in [0.15, 0.2) is 41.8 Å². The zero-order valence-electron chi connectivity index (χ0n) is 13.2. The van der Waals surface area contributed by atoms with E-state index in [1.54, 1.807) is 18.2 Å². The Hall–Kier alpha value is -1.85. The van der Waals surface area contributed by atoms with Gasteiger partial charge in [0.2, 0.25) is 5.91 Å². The zero-order chi connectivity index (χ0) is 17.0. The first kappa shape index (κ1) is 17.0. The van der Waals surface area contributed by atoms with E-state index in [1.165, 1.54) is 11.3 Å². The highest BCUT2D eigenvalue weighted by atomic mass is 35.5. The third kappa shape index (κ3) is 3.47. The van der Waals surface area contributed by atoms with E-state index in [0.717, 1.165) is 37.7 Å². The predicted molar refractivity (Wildman–Crippen MR) is 96.1 cm³/mol. The second-order valence-corrected chi connectivity index (χ2v) is 7.42. The van der Waals surface area contributed by atoms with Crippen LogP contribution in [0.4, 0.5) is 0 Å². The molecule has 2 amide bonds. The fourth-order valence-electron chi connectivity index (χ4n) is 3.29. The fraction of sp³-hybridized carbons (Fsp3) is 0.333. The number of nitrogens with one attached hydrogen (secondary N) is 2. The second-order valence-electron chi connectivity index (χ2n) is 6.04. The SMILES string of the molecule is O=C(NNC(=O)C1(c2cccc(Cl)c2)CCCCC1)c1cccs1. The summed E-state index contributed by atoms with van der Waals surface area (Å²) in [4.78, 5) is 25.6. The summed E-state index contributed by atoms with van der Waals surface area (Å²) in [6.07, 6.45) is 4.61. The standard InChI is InChI=1S/C18H19ClN2O2S/c19-14-7-4-6-13(12-14)18(9-2-1-3-10-18)17(23)21-20-16(22)15-8-5-11-24-15/h4-8,11-12H,1-3,9-10H2,(H,20,22)(H,21,23). The number of amides is 2. The van der Waals surface area contributed by atoms with Gasteiger partial charge in [-0.1, -0.05) is 49.1 Å². The Morgan fingerprint density at radius 3 is 2.50 bits per heavy atom. The van der Waals surface area contributed by atoms with Crippen LogP contribution in [0.5, 0.6) is 0 Å². The Balaban J connectivity index is 1.78. The van der Waals surface area contributed by atoms with E-state index in [4.69, 9.17) is 11.6 Å². The van der Waals surface area contributed by atoms with Gasteiger partial charge in [0.1, 0.15) is 0 Å². The van der Waals surface area contributed by atoms with Crippen molar-refractivity contribution in [1.82, 2.24) is 10.9 Å². The first-order valence-electron chi connectivity index (χ1n) is 8.02. The Bertz CT molecular complexity index is 724. The van der Waals surface area contributed by atoms with Crippen LogP contribution in [0.25, 0.3) is 0 Å². The van der Waals surface area contributed by atoms with Crippen LogP contribution in [0.2, 0.25) is 5.02 Å². The molecule has 126 valence electrons. The molecule has 1 aliphatic carbocycles. The van der Waals surface area contributed by atoms with Gasteiger partial charge in [-0.25, -0.2) is 0 Å². The molecule has 6 heteroatoms. The van der Waals surface area contributed by atoms with Crippen molar-refractivity contribution in [2.45, 2.75) is 37.5 Å². The van der Waals surface area contributed by atoms with Crippen LogP contribution in [0.3, 0.4) is 0 Å². The monoisotopic (exact) mass is 362 g/mol. The van der Waals surface area contributed by atoms with Crippen molar-refractivity contribution in [2.24, 2.45) is 0 Å². The van der Waals surface area contributed by atoms with Gasteiger partial charge < -0.3 is 0 Å². The Kier molecular flexibility index (Phi) is 5.21. The van der Waals surface area contributed by atoms with Gasteiger partial charge in [-0.2, -0.15) is 0 Å². The van der Waals surface area contributed by atoms with Gasteiger partial charge in [0, 0.05) is 5.02 Å². The molecule has 1 fully saturated rings. The Labute approximate surface area is 150 Å². The normalized spacial score (nSPS) is 16.4. The van der Waals surface area contributed by atoms with Gasteiger partial charge in [-0.3, -0.25) is 20.4 Å². The molecule has 0 radical (unpaired) electrons. The molecule has 2 N–H and O–H groups in total. The predicted octanol–water partition coefficient (Wildman–Crippen LogP) is 4.06. The minimum atomic E-state index is -0.633. The van der Waals surface area contributed by atoms with Crippen molar-refractivity contribution in [1.29, 1.82) is 0 Å². The summed E-state index contributed by atoms with van der Waals surface area (Å²) < 4.78 is 0. The summed E-state index contributed by atoms with van der Waals surface area (Å²) in [6, 6.07) is 11.0. The molecule has 1 aromatic carbocycles. The number of hydrazine groups is 1. The summed E-state index contributed by atoms with van der Waals surface area (Å²) >= 11 is 7.46. The van der Waals surface area contributed by atoms with E-state index < -0.39 is 5.41 Å². The summed E-state index contributed by atoms with van der Waals surface area (Å²) in [6.45, 7) is 0. The molecular formula is C18H19ClN2O2S. The first-order valence-corrected chi connectivity index (χ1v) is 9.28. The largest absolute Gasteiger partial charge is 0.279 e. The number of hydrogen-bond donors (Lipinski definition) is 2. The summed E-state index contributed by atoms with van der Waals surface area (Å²) in [5, 5.41) is 2.44. The molecule has 3 rings (SSSR count). The maximum absolute atomic E-state index is 12.9. The van der Waals surface area contributed by atoms with Gasteiger partial charge >= 0.3 is 0 Å². The lowest BCUT2D eigenvalue weighted by atomic mass is 9.69. The number of thiophene rings is 1. The van der Waals surface area contributed by atoms with Gasteiger partial charge in [0.25, 0.3) is 5.91 Å². The average Bonchev–Trinajstić information content (AvgIpc) is 3.14. The van der Waals surface area contributed by atoms with E-state index in [9.17, 15) is 9.59 Å². The topological polar surface area (TPSA) is 58.2 Å². The smallest absolute Gasteiger partial charge is 0.272 e. The Morgan fingerprint density at radius 2 is 1.83 bits per heavy atom. The number of halogens is 1. The molecule has 1 saturated carbocycles. The maximum atomic E-state index is 12.9. The van der Waals surface area contributed by atoms with Crippen molar-refractivity contribution < 1.29 is 9.59 Å². The van der Waals surface area contributed by atoms with Gasteiger partial charge in [-0.15, -0.1) is 11.3 Å². The van der Waals surface area contributed by atoms with Crippen molar-refractivity contribution in [3.8, 4) is 0 Å². The van der Waals surface area contributed by atoms with Crippen molar-refractivity contribution in [3.05, 3.63) is 57.2 Å². The first-order chi connectivity index (χ1) is 11.6. The number of rotatable bonds is 3. The summed E-state index contributed by atoms with van der Waals surface area (Å²) in [7, 11) is 0. The summed E-state index contributed by atoms with van der Waals surface area (Å²) in [5.41, 5.74) is 5.44. The third-order valence-corrected chi connectivity index (χ3v) is 5.66. The zero-order valence-corrected chi connectivity index (χ0v) is 14.8. The highest BCUT2D eigenvalue weighted by Gasteiger charge is 2.41. The molecule has 1 aliphatic rings. The number of carbonyl (C=O) groups is 2. The van der Waals surface area contributed by atoms with Crippen LogP contribution < -0.4 is 10.9 Å². The van der Waals surface area contributed by atoms with Crippen molar-refractivity contribution >= 4 is 34.8 Å². The fourth-order valence-corrected chi connectivity index (χ4v) is 4.10. The molecular weight excluding hydrogens is 344 g/mol. The van der Waals surface area contributed by atoms with E-state index in [2.05, 4.69) is 10.9 Å². The third-order valence-electron chi connectivity index (χ3n) is 4.55. The van der Waals surface area contributed by atoms with Crippen molar-refractivity contribution in [2.75, 3.05) is 0 Å². The molecule has 0 saturated heterocycles. The number of hydrogen-bond acceptors (Lipinski definition) is 3. The molecule has 24 heavy (non-hydrogen) atoms. The van der Waals surface area contributed by atoms with Gasteiger partial charge in [0.15, 0.2) is 0 Å². The van der Waals surface area contributed by atoms with Crippen LogP contribution in [0, 0.1) is 0 Å². The van der Waals surface area contributed by atoms with Crippen LogP contribution >= 0.6 is 22.9 Å². The molecule has 0 atom stereocenters. The number of carbonyl (C=O) groups excluding carboxylic acids is 2. The molecule has 0 unspecified atom stereocenters. The molecule has 1 heterocycles. The Morgan fingerprint density at radius 1 is 1.04 bits per heavy atom. The lowest BCUT2D eigenvalue weighted by molar-refractivity contribution is -0.128. The van der Waals surface area contributed by atoms with Gasteiger partial charge in [0.05, 0.1) is 10.3 Å². The van der Waals surface area contributed by atoms with Crippen LogP contribution in [-0.2, 0) is 10.2 Å². The van der Waals surface area contributed by atoms with E-state index in [0.29, 0.717) is 9.90 Å². The highest BCUT2D eigenvalue weighted by Crippen LogP contribution is 2.40. The minimum absolute atomic E-state index is 0.172. The van der Waals surface area contributed by atoms with Crippen LogP contribution in [0.1, 0.15) is 47.3 Å². The summed E-state index contributed by atoms with van der Waals surface area (Å²) in [5.74, 6) is -0.468. The second kappa shape index (κ2) is 7.36. The molecule has 1 aromatic heterocycles. The van der Waals surface area contributed by atoms with E-state index in [-0.39, 0.29) is 11.8 Å². The lowest BCUT2D eigenvalue weighted by Crippen LogP contribution is -2.52. The van der Waals surface area contributed by atoms with Gasteiger partial charge in [-0.05, 0) is 42.0 Å². The van der Waals surface area contributed by atoms with Crippen LogP contribution in [-0.4, -0.2) is 11.8 Å². The molecule has 0 spiro atoms. The molecule has 0 aliphatic heterocycles.